The first-order valence-electron chi connectivity index (χ1n) is 5.22. The van der Waals surface area contributed by atoms with E-state index in [1.165, 1.54) is 0 Å². The van der Waals surface area contributed by atoms with Crippen LogP contribution in [0.5, 0.6) is 0 Å². The lowest BCUT2D eigenvalue weighted by molar-refractivity contribution is 1.02. The molecule has 1 heterocycles. The number of nitrogens with zero attached hydrogens (tertiary/aromatic N) is 2. The largest absolute Gasteiger partial charge is 0.365 e. The summed E-state index contributed by atoms with van der Waals surface area (Å²) in [5, 5.41) is 14.2. The molecule has 0 unspecified atom stereocenters. The standard InChI is InChI=1S/C11H8Cl3N3/c12-8-3-6-7(4-9(8)13)11(15-5-1-2-5)17-16-10(6)14/h3-5H,1-2H2,(H,15,17). The van der Waals surface area contributed by atoms with Gasteiger partial charge < -0.3 is 5.32 Å². The Kier molecular flexibility index (Phi) is 2.77. The van der Waals surface area contributed by atoms with Gasteiger partial charge in [0.15, 0.2) is 11.0 Å². The van der Waals surface area contributed by atoms with Crippen LogP contribution in [0.1, 0.15) is 12.8 Å². The lowest BCUT2D eigenvalue weighted by atomic mass is 10.2. The molecule has 1 aliphatic rings. The van der Waals surface area contributed by atoms with E-state index in [0.717, 1.165) is 23.6 Å². The van der Waals surface area contributed by atoms with Gasteiger partial charge >= 0.3 is 0 Å². The molecule has 1 aromatic heterocycles. The minimum atomic E-state index is 0.333. The first kappa shape index (κ1) is 11.3. The second-order valence-electron chi connectivity index (χ2n) is 4.07. The van der Waals surface area contributed by atoms with Gasteiger partial charge in [-0.05, 0) is 25.0 Å². The summed E-state index contributed by atoms with van der Waals surface area (Å²) in [6.45, 7) is 0. The number of hydrogen-bond acceptors (Lipinski definition) is 3. The molecule has 1 aromatic carbocycles. The zero-order valence-corrected chi connectivity index (χ0v) is 10.9. The van der Waals surface area contributed by atoms with Crippen molar-refractivity contribution in [1.29, 1.82) is 0 Å². The molecule has 1 N–H and O–H groups in total. The SMILES string of the molecule is Clc1cc2c(Cl)nnc(NC3CC3)c2cc1Cl. The molecule has 2 aromatic rings. The molecule has 1 fully saturated rings. The van der Waals surface area contributed by atoms with E-state index in [2.05, 4.69) is 15.5 Å². The average molecular weight is 289 g/mol. The molecular formula is C11H8Cl3N3. The first-order chi connectivity index (χ1) is 8.15. The fraction of sp³-hybridized carbons (Fsp3) is 0.273. The van der Waals surface area contributed by atoms with Gasteiger partial charge in [0, 0.05) is 16.8 Å². The lowest BCUT2D eigenvalue weighted by Crippen LogP contribution is -2.05. The third-order valence-corrected chi connectivity index (χ3v) is 3.70. The van der Waals surface area contributed by atoms with Crippen LogP contribution in [-0.4, -0.2) is 16.2 Å². The summed E-state index contributed by atoms with van der Waals surface area (Å²) in [7, 11) is 0. The number of aromatic nitrogens is 2. The fourth-order valence-corrected chi connectivity index (χ4v) is 2.16. The molecule has 88 valence electrons. The van der Waals surface area contributed by atoms with Crippen molar-refractivity contribution in [3.05, 3.63) is 27.3 Å². The van der Waals surface area contributed by atoms with Crippen molar-refractivity contribution in [3.63, 3.8) is 0 Å². The van der Waals surface area contributed by atoms with Crippen molar-refractivity contribution < 1.29 is 0 Å². The molecule has 0 amide bonds. The van der Waals surface area contributed by atoms with E-state index >= 15 is 0 Å². The molecule has 0 radical (unpaired) electrons. The molecule has 1 saturated carbocycles. The summed E-state index contributed by atoms with van der Waals surface area (Å²) >= 11 is 18.0. The number of fused-ring (bicyclic) bond motifs is 1. The van der Waals surface area contributed by atoms with Crippen LogP contribution in [0.25, 0.3) is 10.8 Å². The predicted molar refractivity (Wildman–Crippen MR) is 71.2 cm³/mol. The smallest absolute Gasteiger partial charge is 0.159 e. The molecule has 6 heteroatoms. The topological polar surface area (TPSA) is 37.8 Å². The second kappa shape index (κ2) is 4.16. The Hall–Kier alpha value is -0.770. The summed E-state index contributed by atoms with van der Waals surface area (Å²) in [5.41, 5.74) is 0. The quantitative estimate of drug-likeness (QED) is 0.901. The highest BCUT2D eigenvalue weighted by atomic mass is 35.5. The maximum Gasteiger partial charge on any atom is 0.159 e. The Morgan fingerprint density at radius 3 is 2.29 bits per heavy atom. The minimum Gasteiger partial charge on any atom is -0.365 e. The van der Waals surface area contributed by atoms with E-state index in [1.807, 2.05) is 0 Å². The van der Waals surface area contributed by atoms with Crippen molar-refractivity contribution in [2.24, 2.45) is 0 Å². The molecule has 3 nitrogen and oxygen atoms in total. The number of halogens is 3. The fourth-order valence-electron chi connectivity index (χ4n) is 1.64. The maximum absolute atomic E-state index is 6.01. The number of benzene rings is 1. The first-order valence-corrected chi connectivity index (χ1v) is 6.36. The zero-order valence-electron chi connectivity index (χ0n) is 8.67. The number of anilines is 1. The highest BCUT2D eigenvalue weighted by Gasteiger charge is 2.23. The Morgan fingerprint density at radius 2 is 1.65 bits per heavy atom. The normalized spacial score (nSPS) is 15.2. The van der Waals surface area contributed by atoms with Gasteiger partial charge in [-0.1, -0.05) is 34.8 Å². The van der Waals surface area contributed by atoms with E-state index in [9.17, 15) is 0 Å². The van der Waals surface area contributed by atoms with Crippen LogP contribution in [0, 0.1) is 0 Å². The Balaban J connectivity index is 2.21. The van der Waals surface area contributed by atoms with Crippen LogP contribution in [0.15, 0.2) is 12.1 Å². The summed E-state index contributed by atoms with van der Waals surface area (Å²) < 4.78 is 0. The molecule has 0 atom stereocenters. The summed E-state index contributed by atoms with van der Waals surface area (Å²) in [5.74, 6) is 0.713. The lowest BCUT2D eigenvalue weighted by Gasteiger charge is -2.08. The van der Waals surface area contributed by atoms with Crippen LogP contribution >= 0.6 is 34.8 Å². The van der Waals surface area contributed by atoms with E-state index in [0.29, 0.717) is 27.1 Å². The Bertz CT molecular complexity index is 596. The van der Waals surface area contributed by atoms with Crippen LogP contribution in [-0.2, 0) is 0 Å². The summed E-state index contributed by atoms with van der Waals surface area (Å²) in [6, 6.07) is 3.97. The number of hydrogen-bond donors (Lipinski definition) is 1. The van der Waals surface area contributed by atoms with Crippen molar-refractivity contribution in [2.45, 2.75) is 18.9 Å². The van der Waals surface area contributed by atoms with Gasteiger partial charge in [0.05, 0.1) is 10.0 Å². The van der Waals surface area contributed by atoms with Crippen LogP contribution < -0.4 is 5.32 Å². The summed E-state index contributed by atoms with van der Waals surface area (Å²) in [6.07, 6.45) is 2.32. The van der Waals surface area contributed by atoms with E-state index < -0.39 is 0 Å². The van der Waals surface area contributed by atoms with Crippen LogP contribution in [0.2, 0.25) is 15.2 Å². The van der Waals surface area contributed by atoms with Crippen molar-refractivity contribution in [3.8, 4) is 0 Å². The molecule has 0 bridgehead atoms. The summed E-state index contributed by atoms with van der Waals surface area (Å²) in [4.78, 5) is 0. The predicted octanol–water partition coefficient (Wildman–Crippen LogP) is 4.16. The van der Waals surface area contributed by atoms with Crippen LogP contribution in [0.4, 0.5) is 5.82 Å². The van der Waals surface area contributed by atoms with Crippen LogP contribution in [0.3, 0.4) is 0 Å². The Labute approximate surface area is 113 Å². The van der Waals surface area contributed by atoms with Crippen molar-refractivity contribution in [2.75, 3.05) is 5.32 Å². The molecule has 17 heavy (non-hydrogen) atoms. The van der Waals surface area contributed by atoms with Gasteiger partial charge in [-0.3, -0.25) is 0 Å². The molecule has 1 aliphatic carbocycles. The van der Waals surface area contributed by atoms with Gasteiger partial charge in [-0.2, -0.15) is 0 Å². The monoisotopic (exact) mass is 287 g/mol. The third kappa shape index (κ3) is 2.15. The van der Waals surface area contributed by atoms with E-state index in [1.54, 1.807) is 12.1 Å². The van der Waals surface area contributed by atoms with Gasteiger partial charge in [0.25, 0.3) is 0 Å². The highest BCUT2D eigenvalue weighted by molar-refractivity contribution is 6.43. The average Bonchev–Trinajstić information content (AvgIpc) is 3.09. The molecule has 0 saturated heterocycles. The third-order valence-electron chi connectivity index (χ3n) is 2.69. The molecule has 0 aliphatic heterocycles. The van der Waals surface area contributed by atoms with E-state index in [4.69, 9.17) is 34.8 Å². The maximum atomic E-state index is 6.01. The van der Waals surface area contributed by atoms with Crippen molar-refractivity contribution >= 4 is 51.4 Å². The molecule has 0 spiro atoms. The van der Waals surface area contributed by atoms with Gasteiger partial charge in [-0.15, -0.1) is 10.2 Å². The molecular weight excluding hydrogens is 281 g/mol. The van der Waals surface area contributed by atoms with Crippen molar-refractivity contribution in [1.82, 2.24) is 10.2 Å². The van der Waals surface area contributed by atoms with Gasteiger partial charge in [0.1, 0.15) is 0 Å². The van der Waals surface area contributed by atoms with E-state index in [-0.39, 0.29) is 0 Å². The van der Waals surface area contributed by atoms with Gasteiger partial charge in [0.2, 0.25) is 0 Å². The van der Waals surface area contributed by atoms with Gasteiger partial charge in [-0.25, -0.2) is 0 Å². The minimum absolute atomic E-state index is 0.333. The second-order valence-corrected chi connectivity index (χ2v) is 5.24. The highest BCUT2D eigenvalue weighted by Crippen LogP contribution is 2.35. The zero-order chi connectivity index (χ0) is 12.0. The number of rotatable bonds is 2. The Morgan fingerprint density at radius 1 is 1.00 bits per heavy atom. The molecule has 3 rings (SSSR count). The number of nitrogens with one attached hydrogen (secondary N) is 1.